The van der Waals surface area contributed by atoms with Gasteiger partial charge < -0.3 is 5.11 Å². The average Bonchev–Trinajstić information content (AvgIpc) is 2.91. The van der Waals surface area contributed by atoms with Crippen molar-refractivity contribution in [3.05, 3.63) is 105 Å². The summed E-state index contributed by atoms with van der Waals surface area (Å²) in [6, 6.07) is 23.2. The van der Waals surface area contributed by atoms with E-state index in [4.69, 9.17) is 23.2 Å². The maximum absolute atomic E-state index is 11.7. The summed E-state index contributed by atoms with van der Waals surface area (Å²) in [5.41, 5.74) is 2.79. The van der Waals surface area contributed by atoms with E-state index in [1.807, 2.05) is 66.7 Å². The molecule has 0 saturated carbocycles. The molecule has 3 aromatic rings. The van der Waals surface area contributed by atoms with E-state index in [0.717, 1.165) is 22.3 Å². The largest absolute Gasteiger partial charge is 0.367 e. The molecule has 126 valence electrons. The molecular formula is C21H17Cl2NO. The van der Waals surface area contributed by atoms with Crippen molar-refractivity contribution in [1.29, 1.82) is 0 Å². The Bertz CT molecular complexity index is 893. The highest BCUT2D eigenvalue weighted by Gasteiger charge is 2.44. The number of nitrogens with zero attached hydrogens (tertiary/aromatic N) is 1. The Hall–Kier alpha value is -1.84. The molecule has 1 N–H and O–H groups in total. The van der Waals surface area contributed by atoms with Crippen LogP contribution in [0.25, 0.3) is 0 Å². The summed E-state index contributed by atoms with van der Waals surface area (Å²) in [7, 11) is 0. The lowest BCUT2D eigenvalue weighted by atomic mass is 9.93. The van der Waals surface area contributed by atoms with E-state index < -0.39 is 5.72 Å². The van der Waals surface area contributed by atoms with Crippen LogP contribution in [0.5, 0.6) is 0 Å². The third-order valence-corrected chi connectivity index (χ3v) is 5.25. The Balaban J connectivity index is 1.77. The molecule has 1 aliphatic rings. The molecule has 1 atom stereocenters. The second-order valence-electron chi connectivity index (χ2n) is 6.32. The molecule has 3 aromatic carbocycles. The first kappa shape index (κ1) is 16.6. The lowest BCUT2D eigenvalue weighted by Gasteiger charge is -2.35. The van der Waals surface area contributed by atoms with E-state index in [1.165, 1.54) is 0 Å². The highest BCUT2D eigenvalue weighted by atomic mass is 35.5. The van der Waals surface area contributed by atoms with Crippen LogP contribution < -0.4 is 0 Å². The van der Waals surface area contributed by atoms with Crippen LogP contribution >= 0.6 is 23.2 Å². The van der Waals surface area contributed by atoms with Crippen molar-refractivity contribution in [2.75, 3.05) is 0 Å². The van der Waals surface area contributed by atoms with Crippen LogP contribution in [0.1, 0.15) is 22.3 Å². The molecule has 0 fully saturated rings. The summed E-state index contributed by atoms with van der Waals surface area (Å²) in [6.45, 7) is 1.29. The summed E-state index contributed by atoms with van der Waals surface area (Å²) in [6.07, 6.45) is 0. The first-order chi connectivity index (χ1) is 12.1. The molecule has 25 heavy (non-hydrogen) atoms. The molecule has 1 heterocycles. The number of hydrogen-bond donors (Lipinski definition) is 1. The number of aliphatic hydroxyl groups is 1. The van der Waals surface area contributed by atoms with Crippen LogP contribution in [0.4, 0.5) is 0 Å². The molecule has 1 aliphatic heterocycles. The maximum atomic E-state index is 11.7. The Morgan fingerprint density at radius 3 is 2.12 bits per heavy atom. The van der Waals surface area contributed by atoms with Crippen molar-refractivity contribution in [1.82, 2.24) is 4.90 Å². The number of fused-ring (bicyclic) bond motifs is 1. The van der Waals surface area contributed by atoms with Crippen molar-refractivity contribution >= 4 is 23.2 Å². The van der Waals surface area contributed by atoms with Gasteiger partial charge in [-0.25, -0.2) is 0 Å². The van der Waals surface area contributed by atoms with Gasteiger partial charge in [0.05, 0.1) is 0 Å². The summed E-state index contributed by atoms with van der Waals surface area (Å²) >= 11 is 12.0. The van der Waals surface area contributed by atoms with E-state index >= 15 is 0 Å². The van der Waals surface area contributed by atoms with E-state index in [-0.39, 0.29) is 0 Å². The predicted molar refractivity (Wildman–Crippen MR) is 102 cm³/mol. The summed E-state index contributed by atoms with van der Waals surface area (Å²) in [5.74, 6) is 0. The molecule has 0 saturated heterocycles. The van der Waals surface area contributed by atoms with Crippen molar-refractivity contribution < 1.29 is 5.11 Å². The molecule has 0 aromatic heterocycles. The van der Waals surface area contributed by atoms with Gasteiger partial charge in [0, 0.05) is 34.3 Å². The van der Waals surface area contributed by atoms with Crippen LogP contribution in [0.15, 0.2) is 72.8 Å². The molecule has 0 spiro atoms. The van der Waals surface area contributed by atoms with Crippen molar-refractivity contribution in [3.63, 3.8) is 0 Å². The third kappa shape index (κ3) is 2.96. The monoisotopic (exact) mass is 369 g/mol. The van der Waals surface area contributed by atoms with Gasteiger partial charge in [-0.15, -0.1) is 0 Å². The Morgan fingerprint density at radius 1 is 0.840 bits per heavy atom. The van der Waals surface area contributed by atoms with E-state index in [1.54, 1.807) is 0 Å². The quantitative estimate of drug-likeness (QED) is 0.685. The fraction of sp³-hybridized carbons (Fsp3) is 0.143. The fourth-order valence-corrected chi connectivity index (χ4v) is 3.74. The zero-order valence-electron chi connectivity index (χ0n) is 13.5. The minimum atomic E-state index is -1.18. The number of benzene rings is 3. The smallest absolute Gasteiger partial charge is 0.171 e. The first-order valence-corrected chi connectivity index (χ1v) is 8.89. The van der Waals surface area contributed by atoms with Gasteiger partial charge in [0.15, 0.2) is 5.72 Å². The second-order valence-corrected chi connectivity index (χ2v) is 7.19. The lowest BCUT2D eigenvalue weighted by Crippen LogP contribution is -2.41. The van der Waals surface area contributed by atoms with Gasteiger partial charge in [0.25, 0.3) is 0 Å². The molecule has 0 radical (unpaired) electrons. The van der Waals surface area contributed by atoms with Gasteiger partial charge in [-0.1, -0.05) is 71.7 Å². The Kier molecular flexibility index (Phi) is 4.30. The number of halogens is 2. The van der Waals surface area contributed by atoms with E-state index in [2.05, 4.69) is 11.0 Å². The average molecular weight is 370 g/mol. The molecule has 2 nitrogen and oxygen atoms in total. The number of rotatable bonds is 3. The Labute approximate surface area is 157 Å². The minimum absolute atomic E-state index is 0.616. The highest BCUT2D eigenvalue weighted by Crippen LogP contribution is 2.43. The van der Waals surface area contributed by atoms with Gasteiger partial charge in [-0.2, -0.15) is 0 Å². The summed E-state index contributed by atoms with van der Waals surface area (Å²) in [4.78, 5) is 2.07. The second kappa shape index (κ2) is 6.47. The van der Waals surface area contributed by atoms with Crippen molar-refractivity contribution in [2.45, 2.75) is 18.8 Å². The van der Waals surface area contributed by atoms with Crippen LogP contribution in [-0.2, 0) is 18.8 Å². The van der Waals surface area contributed by atoms with Gasteiger partial charge in [-0.3, -0.25) is 4.90 Å². The number of hydrogen-bond acceptors (Lipinski definition) is 2. The Morgan fingerprint density at radius 2 is 1.44 bits per heavy atom. The molecule has 0 bridgehead atoms. The molecule has 4 rings (SSSR count). The third-order valence-electron chi connectivity index (χ3n) is 4.75. The molecule has 4 heteroatoms. The zero-order valence-corrected chi connectivity index (χ0v) is 15.0. The predicted octanol–water partition coefficient (Wildman–Crippen LogP) is 5.20. The van der Waals surface area contributed by atoms with E-state index in [0.29, 0.717) is 23.1 Å². The summed E-state index contributed by atoms with van der Waals surface area (Å²) in [5, 5.41) is 13.1. The van der Waals surface area contributed by atoms with Gasteiger partial charge in [0.1, 0.15) is 0 Å². The van der Waals surface area contributed by atoms with Crippen LogP contribution in [0.3, 0.4) is 0 Å². The van der Waals surface area contributed by atoms with Crippen molar-refractivity contribution in [3.8, 4) is 0 Å². The molecule has 1 unspecified atom stereocenters. The SMILES string of the molecule is OC1(c2ccc(Cl)cc2)c2ccccc2CN1Cc1ccc(Cl)cc1. The highest BCUT2D eigenvalue weighted by molar-refractivity contribution is 6.30. The minimum Gasteiger partial charge on any atom is -0.367 e. The normalized spacial score (nSPS) is 19.8. The fourth-order valence-electron chi connectivity index (χ4n) is 3.49. The van der Waals surface area contributed by atoms with Gasteiger partial charge >= 0.3 is 0 Å². The standard InChI is InChI=1S/C21H17Cl2NO/c22-18-9-5-15(6-10-18)13-24-14-16-3-1-2-4-20(16)21(24,25)17-7-11-19(23)12-8-17/h1-12,25H,13-14H2. The lowest BCUT2D eigenvalue weighted by molar-refractivity contribution is -0.0754. The van der Waals surface area contributed by atoms with E-state index in [9.17, 15) is 5.11 Å². The van der Waals surface area contributed by atoms with Crippen LogP contribution in [0.2, 0.25) is 10.0 Å². The van der Waals surface area contributed by atoms with Gasteiger partial charge in [0.2, 0.25) is 0 Å². The topological polar surface area (TPSA) is 23.5 Å². The zero-order chi connectivity index (χ0) is 17.4. The van der Waals surface area contributed by atoms with Crippen LogP contribution in [-0.4, -0.2) is 10.0 Å². The molecule has 0 amide bonds. The van der Waals surface area contributed by atoms with Crippen molar-refractivity contribution in [2.24, 2.45) is 0 Å². The maximum Gasteiger partial charge on any atom is 0.171 e. The first-order valence-electron chi connectivity index (χ1n) is 8.13. The van der Waals surface area contributed by atoms with Gasteiger partial charge in [-0.05, 0) is 35.4 Å². The molecule has 0 aliphatic carbocycles. The van der Waals surface area contributed by atoms with Crippen LogP contribution in [0, 0.1) is 0 Å². The molecular weight excluding hydrogens is 353 g/mol. The summed E-state index contributed by atoms with van der Waals surface area (Å²) < 4.78 is 0.